The minimum absolute atomic E-state index is 0.348. The Bertz CT molecular complexity index is 548. The molecule has 0 radical (unpaired) electrons. The van der Waals surface area contributed by atoms with Crippen LogP contribution in [0.15, 0.2) is 35.5 Å². The van der Waals surface area contributed by atoms with Crippen LogP contribution in [-0.4, -0.2) is 16.5 Å². The van der Waals surface area contributed by atoms with Gasteiger partial charge in [0.2, 0.25) is 5.95 Å². The zero-order chi connectivity index (χ0) is 13.7. The summed E-state index contributed by atoms with van der Waals surface area (Å²) in [6.45, 7) is 2.64. The van der Waals surface area contributed by atoms with Crippen LogP contribution in [0.3, 0.4) is 0 Å². The first-order chi connectivity index (χ1) is 9.19. The van der Waals surface area contributed by atoms with E-state index in [0.29, 0.717) is 28.3 Å². The van der Waals surface area contributed by atoms with Gasteiger partial charge in [0.05, 0.1) is 6.20 Å². The number of rotatable bonds is 5. The number of thioether (sulfide) groups is 1. The summed E-state index contributed by atoms with van der Waals surface area (Å²) in [5.74, 6) is 0.680. The molecule has 0 atom stereocenters. The number of halogens is 2. The second-order valence-corrected chi connectivity index (χ2v) is 5.19. The monoisotopic (exact) mass is 297 g/mol. The molecule has 1 aromatic carbocycles. The molecule has 3 nitrogen and oxygen atoms in total. The summed E-state index contributed by atoms with van der Waals surface area (Å²) >= 11 is 7.15. The van der Waals surface area contributed by atoms with Crippen molar-refractivity contribution in [3.8, 4) is 0 Å². The summed E-state index contributed by atoms with van der Waals surface area (Å²) in [6, 6.07) is 7.47. The van der Waals surface area contributed by atoms with E-state index in [2.05, 4.69) is 15.3 Å². The molecule has 0 fully saturated rings. The van der Waals surface area contributed by atoms with Crippen molar-refractivity contribution in [2.45, 2.75) is 17.7 Å². The van der Waals surface area contributed by atoms with Crippen LogP contribution in [0.4, 0.5) is 10.3 Å². The molecule has 6 heteroatoms. The van der Waals surface area contributed by atoms with Crippen molar-refractivity contribution >= 4 is 29.3 Å². The van der Waals surface area contributed by atoms with E-state index in [1.54, 1.807) is 0 Å². The fourth-order valence-corrected chi connectivity index (χ4v) is 2.39. The summed E-state index contributed by atoms with van der Waals surface area (Å²) in [7, 11) is 0. The molecule has 0 bridgehead atoms. The summed E-state index contributed by atoms with van der Waals surface area (Å²) < 4.78 is 13.6. The van der Waals surface area contributed by atoms with Gasteiger partial charge in [-0.1, -0.05) is 35.5 Å². The third-order valence-electron chi connectivity index (χ3n) is 2.34. The van der Waals surface area contributed by atoms with Crippen molar-refractivity contribution in [3.05, 3.63) is 46.9 Å². The van der Waals surface area contributed by atoms with Crippen molar-refractivity contribution in [2.75, 3.05) is 11.9 Å². The second-order valence-electron chi connectivity index (χ2n) is 3.79. The van der Waals surface area contributed by atoms with Crippen LogP contribution in [0.1, 0.15) is 12.5 Å². The zero-order valence-electron chi connectivity index (χ0n) is 10.4. The Balaban J connectivity index is 2.05. The molecular weight excluding hydrogens is 285 g/mol. The number of nitrogens with one attached hydrogen (secondary N) is 1. The standard InChI is InChI=1S/C13H13ClFN3S/c1-2-16-13-17-7-11(15)12(18-13)19-8-9-3-5-10(14)6-4-9/h3-7H,2,8H2,1H3,(H,16,17,18). The molecule has 0 aliphatic heterocycles. The number of benzene rings is 1. The number of hydrogen-bond donors (Lipinski definition) is 1. The number of nitrogens with zero attached hydrogens (tertiary/aromatic N) is 2. The van der Waals surface area contributed by atoms with Gasteiger partial charge >= 0.3 is 0 Å². The van der Waals surface area contributed by atoms with E-state index in [9.17, 15) is 4.39 Å². The van der Waals surface area contributed by atoms with Gasteiger partial charge in [-0.2, -0.15) is 0 Å². The van der Waals surface area contributed by atoms with Crippen molar-refractivity contribution in [1.82, 2.24) is 9.97 Å². The van der Waals surface area contributed by atoms with E-state index in [0.717, 1.165) is 5.56 Å². The van der Waals surface area contributed by atoms with E-state index >= 15 is 0 Å². The molecular formula is C13H13ClFN3S. The Kier molecular flexibility index (Phi) is 4.99. The minimum Gasteiger partial charge on any atom is -0.354 e. The predicted molar refractivity (Wildman–Crippen MR) is 77.2 cm³/mol. The normalized spacial score (nSPS) is 10.5. The first-order valence-electron chi connectivity index (χ1n) is 5.82. The van der Waals surface area contributed by atoms with E-state index in [4.69, 9.17) is 11.6 Å². The Hall–Kier alpha value is -1.33. The molecule has 0 unspecified atom stereocenters. The molecule has 2 rings (SSSR count). The number of aromatic nitrogens is 2. The second kappa shape index (κ2) is 6.73. The molecule has 19 heavy (non-hydrogen) atoms. The molecule has 0 saturated heterocycles. The molecule has 0 saturated carbocycles. The van der Waals surface area contributed by atoms with Crippen molar-refractivity contribution < 1.29 is 4.39 Å². The Morgan fingerprint density at radius 1 is 1.32 bits per heavy atom. The van der Waals surface area contributed by atoms with Gasteiger partial charge in [-0.3, -0.25) is 0 Å². The Morgan fingerprint density at radius 3 is 2.74 bits per heavy atom. The summed E-state index contributed by atoms with van der Waals surface area (Å²) in [6.07, 6.45) is 1.19. The highest BCUT2D eigenvalue weighted by Crippen LogP contribution is 2.24. The lowest BCUT2D eigenvalue weighted by Crippen LogP contribution is -2.03. The third kappa shape index (κ3) is 4.08. The smallest absolute Gasteiger partial charge is 0.223 e. The average Bonchev–Trinajstić information content (AvgIpc) is 2.41. The summed E-state index contributed by atoms with van der Waals surface area (Å²) in [5, 5.41) is 4.00. The quantitative estimate of drug-likeness (QED) is 0.669. The van der Waals surface area contributed by atoms with Crippen LogP contribution in [0.2, 0.25) is 5.02 Å². The van der Waals surface area contributed by atoms with Crippen LogP contribution in [0, 0.1) is 5.82 Å². The predicted octanol–water partition coefficient (Wildman–Crippen LogP) is 3.99. The van der Waals surface area contributed by atoms with Crippen LogP contribution in [0.5, 0.6) is 0 Å². The highest BCUT2D eigenvalue weighted by molar-refractivity contribution is 7.98. The van der Waals surface area contributed by atoms with Gasteiger partial charge in [-0.05, 0) is 24.6 Å². The molecule has 0 amide bonds. The zero-order valence-corrected chi connectivity index (χ0v) is 11.9. The van der Waals surface area contributed by atoms with E-state index in [1.807, 2.05) is 31.2 Å². The molecule has 0 aliphatic rings. The lowest BCUT2D eigenvalue weighted by Gasteiger charge is -2.05. The minimum atomic E-state index is -0.402. The topological polar surface area (TPSA) is 37.8 Å². The van der Waals surface area contributed by atoms with Crippen LogP contribution < -0.4 is 5.32 Å². The van der Waals surface area contributed by atoms with E-state index in [-0.39, 0.29) is 0 Å². The maximum absolute atomic E-state index is 13.6. The highest BCUT2D eigenvalue weighted by Gasteiger charge is 2.07. The van der Waals surface area contributed by atoms with Crippen LogP contribution >= 0.6 is 23.4 Å². The fourth-order valence-electron chi connectivity index (χ4n) is 1.43. The van der Waals surface area contributed by atoms with Gasteiger partial charge < -0.3 is 5.32 Å². The van der Waals surface area contributed by atoms with Crippen LogP contribution in [-0.2, 0) is 5.75 Å². The van der Waals surface area contributed by atoms with Crippen molar-refractivity contribution in [3.63, 3.8) is 0 Å². The first-order valence-corrected chi connectivity index (χ1v) is 7.19. The fraction of sp³-hybridized carbons (Fsp3) is 0.231. The number of anilines is 1. The largest absolute Gasteiger partial charge is 0.354 e. The third-order valence-corrected chi connectivity index (χ3v) is 3.63. The van der Waals surface area contributed by atoms with Crippen molar-refractivity contribution in [1.29, 1.82) is 0 Å². The summed E-state index contributed by atoms with van der Waals surface area (Å²) in [4.78, 5) is 8.00. The Morgan fingerprint density at radius 2 is 2.05 bits per heavy atom. The van der Waals surface area contributed by atoms with E-state index < -0.39 is 5.82 Å². The van der Waals surface area contributed by atoms with Crippen molar-refractivity contribution in [2.24, 2.45) is 0 Å². The van der Waals surface area contributed by atoms with Gasteiger partial charge in [0.15, 0.2) is 5.82 Å². The first kappa shape index (κ1) is 14.1. The van der Waals surface area contributed by atoms with Gasteiger partial charge in [-0.25, -0.2) is 14.4 Å². The molecule has 1 N–H and O–H groups in total. The molecule has 2 aromatic rings. The van der Waals surface area contributed by atoms with Gasteiger partial charge in [0.1, 0.15) is 5.03 Å². The lowest BCUT2D eigenvalue weighted by molar-refractivity contribution is 0.580. The SMILES string of the molecule is CCNc1ncc(F)c(SCc2ccc(Cl)cc2)n1. The lowest BCUT2D eigenvalue weighted by atomic mass is 10.2. The van der Waals surface area contributed by atoms with E-state index in [1.165, 1.54) is 18.0 Å². The maximum Gasteiger partial charge on any atom is 0.223 e. The van der Waals surface area contributed by atoms with Gasteiger partial charge in [0, 0.05) is 17.3 Å². The van der Waals surface area contributed by atoms with Gasteiger partial charge in [-0.15, -0.1) is 0 Å². The molecule has 0 spiro atoms. The van der Waals surface area contributed by atoms with Gasteiger partial charge in [0.25, 0.3) is 0 Å². The maximum atomic E-state index is 13.6. The molecule has 0 aliphatic carbocycles. The molecule has 1 heterocycles. The number of hydrogen-bond acceptors (Lipinski definition) is 4. The molecule has 1 aromatic heterocycles. The highest BCUT2D eigenvalue weighted by atomic mass is 35.5. The average molecular weight is 298 g/mol. The molecule has 100 valence electrons. The summed E-state index contributed by atoms with van der Waals surface area (Å²) in [5.41, 5.74) is 1.07. The Labute approximate surface area is 120 Å². The van der Waals surface area contributed by atoms with Crippen LogP contribution in [0.25, 0.3) is 0 Å².